The molecule has 0 radical (unpaired) electrons. The van der Waals surface area contributed by atoms with Crippen LogP contribution in [-0.2, 0) is 22.4 Å². The molecule has 2 aromatic carbocycles. The molecule has 0 spiro atoms. The third-order valence-electron chi connectivity index (χ3n) is 10.6. The van der Waals surface area contributed by atoms with Crippen molar-refractivity contribution in [3.8, 4) is 0 Å². The SMILES string of the molecule is Cc1cccc2c(CCNC(=O)CCC[C@H]3CC(=O)[C@@]4(C)CC[C@@H]5c6ccc(B(O)O)cc6CC[C@H]5[C@H]34)c[nH]c12. The van der Waals surface area contributed by atoms with Gasteiger partial charge < -0.3 is 20.3 Å². The minimum atomic E-state index is -1.44. The molecule has 3 aliphatic rings. The van der Waals surface area contributed by atoms with Gasteiger partial charge in [0.2, 0.25) is 5.91 Å². The number of H-pyrrole nitrogens is 1. The van der Waals surface area contributed by atoms with Crippen molar-refractivity contribution in [3.05, 3.63) is 64.8 Å². The second kappa shape index (κ2) is 10.8. The molecule has 6 nitrogen and oxygen atoms in total. The van der Waals surface area contributed by atoms with E-state index in [-0.39, 0.29) is 11.3 Å². The van der Waals surface area contributed by atoms with E-state index in [1.54, 1.807) is 0 Å². The van der Waals surface area contributed by atoms with Gasteiger partial charge in [-0.15, -0.1) is 0 Å². The summed E-state index contributed by atoms with van der Waals surface area (Å²) in [6, 6.07) is 12.2. The Morgan fingerprint density at radius 2 is 2.05 bits per heavy atom. The number of fused-ring (bicyclic) bond motifs is 6. The molecule has 4 N–H and O–H groups in total. The Kier molecular flexibility index (Phi) is 7.39. The van der Waals surface area contributed by atoms with Crippen LogP contribution in [0.3, 0.4) is 0 Å². The fraction of sp³-hybridized carbons (Fsp3) is 0.515. The van der Waals surface area contributed by atoms with Crippen molar-refractivity contribution in [2.45, 2.75) is 77.6 Å². The van der Waals surface area contributed by atoms with Crippen molar-refractivity contribution in [1.29, 1.82) is 0 Å². The molecule has 3 aliphatic carbocycles. The van der Waals surface area contributed by atoms with Crippen molar-refractivity contribution in [2.24, 2.45) is 23.2 Å². The van der Waals surface area contributed by atoms with E-state index < -0.39 is 7.12 Å². The lowest BCUT2D eigenvalue weighted by molar-refractivity contribution is -0.129. The zero-order valence-electron chi connectivity index (χ0n) is 23.7. The van der Waals surface area contributed by atoms with Gasteiger partial charge in [-0.1, -0.05) is 43.3 Å². The zero-order valence-corrected chi connectivity index (χ0v) is 23.7. The molecule has 0 bridgehead atoms. The van der Waals surface area contributed by atoms with E-state index in [1.165, 1.54) is 33.2 Å². The first-order valence-electron chi connectivity index (χ1n) is 15.1. The smallest absolute Gasteiger partial charge is 0.423 e. The van der Waals surface area contributed by atoms with Crippen LogP contribution >= 0.6 is 0 Å². The predicted octanol–water partition coefficient (Wildman–Crippen LogP) is 4.34. The molecule has 1 aromatic heterocycles. The number of rotatable bonds is 8. The van der Waals surface area contributed by atoms with Gasteiger partial charge in [-0.25, -0.2) is 0 Å². The van der Waals surface area contributed by atoms with Gasteiger partial charge in [0.05, 0.1) is 0 Å². The van der Waals surface area contributed by atoms with Gasteiger partial charge in [0, 0.05) is 41.9 Å². The van der Waals surface area contributed by atoms with Gasteiger partial charge in [-0.05, 0) is 103 Å². The number of hydrogen-bond acceptors (Lipinski definition) is 4. The molecule has 6 rings (SSSR count). The largest absolute Gasteiger partial charge is 0.488 e. The third-order valence-corrected chi connectivity index (χ3v) is 10.6. The van der Waals surface area contributed by atoms with E-state index in [0.717, 1.165) is 44.9 Å². The Balaban J connectivity index is 1.05. The van der Waals surface area contributed by atoms with Gasteiger partial charge in [0.1, 0.15) is 5.78 Å². The highest BCUT2D eigenvalue weighted by Crippen LogP contribution is 2.62. The van der Waals surface area contributed by atoms with E-state index in [0.29, 0.717) is 54.3 Å². The lowest BCUT2D eigenvalue weighted by Crippen LogP contribution is -2.44. The summed E-state index contributed by atoms with van der Waals surface area (Å²) < 4.78 is 0. The summed E-state index contributed by atoms with van der Waals surface area (Å²) in [6.45, 7) is 4.93. The first-order valence-corrected chi connectivity index (χ1v) is 15.1. The van der Waals surface area contributed by atoms with E-state index in [1.807, 2.05) is 18.3 Å². The van der Waals surface area contributed by atoms with Crippen LogP contribution in [-0.4, -0.2) is 40.4 Å². The maximum atomic E-state index is 13.3. The number of aryl methyl sites for hydroxylation is 2. The van der Waals surface area contributed by atoms with Gasteiger partial charge in [-0.2, -0.15) is 0 Å². The molecule has 3 aromatic rings. The van der Waals surface area contributed by atoms with E-state index >= 15 is 0 Å². The van der Waals surface area contributed by atoms with Crippen LogP contribution in [0, 0.1) is 30.1 Å². The lowest BCUT2D eigenvalue weighted by Gasteiger charge is -2.50. The highest BCUT2D eigenvalue weighted by molar-refractivity contribution is 6.58. The number of amides is 1. The number of carbonyl (C=O) groups is 2. The van der Waals surface area contributed by atoms with E-state index in [2.05, 4.69) is 48.4 Å². The van der Waals surface area contributed by atoms with Crippen molar-refractivity contribution in [3.63, 3.8) is 0 Å². The first-order chi connectivity index (χ1) is 19.3. The summed E-state index contributed by atoms with van der Waals surface area (Å²) in [5.74, 6) is 2.12. The van der Waals surface area contributed by atoms with Crippen molar-refractivity contribution in [1.82, 2.24) is 10.3 Å². The molecule has 5 atom stereocenters. The standard InChI is InChI=1S/C33H41BN2O4/c1-20-5-3-7-26-23(19-36-32(20)26)14-16-35-30(38)8-4-6-22-18-29(37)33(2)15-13-27-25-12-10-24(34(39)40)17-21(25)9-11-28(27)31(22)33/h3,5,7,10,12,17,19,22,27-28,31,36,39-40H,4,6,8-9,11,13-16,18H2,1-2H3,(H,35,38)/t22-,27+,28+,31-,33+/m0/s1. The van der Waals surface area contributed by atoms with Crippen LogP contribution in [0.25, 0.3) is 10.9 Å². The third kappa shape index (κ3) is 4.81. The highest BCUT2D eigenvalue weighted by atomic mass is 16.4. The number of para-hydroxylation sites is 1. The molecular formula is C33H41BN2O4. The van der Waals surface area contributed by atoms with Crippen LogP contribution in [0.5, 0.6) is 0 Å². The van der Waals surface area contributed by atoms with Crippen LogP contribution in [0.4, 0.5) is 0 Å². The number of aromatic nitrogens is 1. The van der Waals surface area contributed by atoms with Crippen LogP contribution in [0.1, 0.15) is 80.0 Å². The zero-order chi connectivity index (χ0) is 28.0. The van der Waals surface area contributed by atoms with Crippen LogP contribution in [0.2, 0.25) is 0 Å². The molecule has 210 valence electrons. The summed E-state index contributed by atoms with van der Waals surface area (Å²) in [4.78, 5) is 29.4. The molecule has 7 heteroatoms. The van der Waals surface area contributed by atoms with Gasteiger partial charge in [-0.3, -0.25) is 9.59 Å². The number of hydrogen-bond donors (Lipinski definition) is 4. The van der Waals surface area contributed by atoms with Crippen LogP contribution in [0.15, 0.2) is 42.6 Å². The Labute approximate surface area is 237 Å². The van der Waals surface area contributed by atoms with Crippen molar-refractivity contribution >= 4 is 35.2 Å². The summed E-state index contributed by atoms with van der Waals surface area (Å²) >= 11 is 0. The Hall–Kier alpha value is -2.90. The first kappa shape index (κ1) is 27.3. The number of nitrogens with one attached hydrogen (secondary N) is 2. The molecule has 1 heterocycles. The average molecular weight is 541 g/mol. The van der Waals surface area contributed by atoms with Gasteiger partial charge in [0.15, 0.2) is 0 Å². The fourth-order valence-electron chi connectivity index (χ4n) is 8.61. The van der Waals surface area contributed by atoms with Gasteiger partial charge >= 0.3 is 7.12 Å². The quantitative estimate of drug-likeness (QED) is 0.320. The van der Waals surface area contributed by atoms with Crippen molar-refractivity contribution in [2.75, 3.05) is 6.54 Å². The predicted molar refractivity (Wildman–Crippen MR) is 158 cm³/mol. The maximum absolute atomic E-state index is 13.3. The summed E-state index contributed by atoms with van der Waals surface area (Å²) in [6.07, 6.45) is 9.64. The number of aromatic amines is 1. The monoisotopic (exact) mass is 540 g/mol. The molecule has 1 amide bonds. The molecule has 2 fully saturated rings. The fourth-order valence-corrected chi connectivity index (χ4v) is 8.61. The molecule has 2 saturated carbocycles. The molecular weight excluding hydrogens is 499 g/mol. The molecule has 0 aliphatic heterocycles. The summed E-state index contributed by atoms with van der Waals surface area (Å²) in [5, 5.41) is 23.6. The summed E-state index contributed by atoms with van der Waals surface area (Å²) in [7, 11) is -1.44. The Morgan fingerprint density at radius 1 is 1.20 bits per heavy atom. The lowest BCUT2D eigenvalue weighted by atomic mass is 9.53. The second-order valence-electron chi connectivity index (χ2n) is 12.8. The van der Waals surface area contributed by atoms with Crippen molar-refractivity contribution < 1.29 is 19.6 Å². The second-order valence-corrected chi connectivity index (χ2v) is 12.8. The number of Topliss-reactive ketones (excluding diaryl/α,β-unsaturated/α-hetero) is 1. The van der Waals surface area contributed by atoms with Crippen LogP contribution < -0.4 is 10.8 Å². The normalized spacial score (nSPS) is 27.2. The Bertz CT molecular complexity index is 1430. The van der Waals surface area contributed by atoms with E-state index in [9.17, 15) is 19.6 Å². The number of carbonyl (C=O) groups excluding carboxylic acids is 2. The highest BCUT2D eigenvalue weighted by Gasteiger charge is 2.58. The molecule has 40 heavy (non-hydrogen) atoms. The van der Waals surface area contributed by atoms with E-state index in [4.69, 9.17) is 0 Å². The Morgan fingerprint density at radius 3 is 2.88 bits per heavy atom. The number of benzene rings is 2. The topological polar surface area (TPSA) is 102 Å². The molecule has 0 saturated heterocycles. The van der Waals surface area contributed by atoms with Gasteiger partial charge in [0.25, 0.3) is 0 Å². The minimum Gasteiger partial charge on any atom is -0.423 e. The number of ketones is 1. The maximum Gasteiger partial charge on any atom is 0.488 e. The minimum absolute atomic E-state index is 0.0955. The molecule has 0 unspecified atom stereocenters. The summed E-state index contributed by atoms with van der Waals surface area (Å²) in [5.41, 5.74) is 6.51. The average Bonchev–Trinajstić information content (AvgIpc) is 3.47.